The molecule has 0 bridgehead atoms. The topological polar surface area (TPSA) is 65.2 Å². The maximum absolute atomic E-state index is 13.3. The fourth-order valence-electron chi connectivity index (χ4n) is 2.57. The molecule has 0 unspecified atom stereocenters. The van der Waals surface area contributed by atoms with Gasteiger partial charge in [-0.3, -0.25) is 9.78 Å². The molecular weight excluding hydrogens is 376 g/mol. The van der Waals surface area contributed by atoms with E-state index in [0.717, 1.165) is 12.1 Å². The van der Waals surface area contributed by atoms with Crippen LogP contribution < -0.4 is 10.5 Å². The summed E-state index contributed by atoms with van der Waals surface area (Å²) in [4.78, 5) is 16.6. The molecular formula is C20H14F4N2O2. The number of alkyl halides is 3. The molecule has 0 atom stereocenters. The Hall–Kier alpha value is -3.42. The number of carbonyl (C=O) groups is 1. The lowest BCUT2D eigenvalue weighted by molar-refractivity contribution is -0.274. The van der Waals surface area contributed by atoms with Crippen molar-refractivity contribution in [2.45, 2.75) is 12.8 Å². The van der Waals surface area contributed by atoms with E-state index in [-0.39, 0.29) is 29.3 Å². The van der Waals surface area contributed by atoms with Crippen LogP contribution in [0, 0.1) is 5.82 Å². The number of nitrogens with two attached hydrogens (primary N) is 1. The van der Waals surface area contributed by atoms with E-state index >= 15 is 0 Å². The summed E-state index contributed by atoms with van der Waals surface area (Å²) in [7, 11) is 0. The van der Waals surface area contributed by atoms with E-state index in [1.165, 1.54) is 24.4 Å². The second kappa shape index (κ2) is 7.67. The number of halogens is 4. The zero-order chi connectivity index (χ0) is 20.3. The molecule has 28 heavy (non-hydrogen) atoms. The number of ketones is 1. The number of nitrogen functional groups attached to an aromatic ring is 1. The van der Waals surface area contributed by atoms with Gasteiger partial charge in [-0.25, -0.2) is 4.39 Å². The zero-order valence-corrected chi connectivity index (χ0v) is 14.3. The van der Waals surface area contributed by atoms with Crippen molar-refractivity contribution in [3.8, 4) is 17.0 Å². The van der Waals surface area contributed by atoms with Gasteiger partial charge in [-0.05, 0) is 42.0 Å². The Balaban J connectivity index is 1.72. The summed E-state index contributed by atoms with van der Waals surface area (Å²) in [5.74, 6) is -1.29. The number of pyridine rings is 1. The lowest BCUT2D eigenvalue weighted by Gasteiger charge is -2.12. The third-order valence-electron chi connectivity index (χ3n) is 3.87. The minimum absolute atomic E-state index is 0.0185. The third kappa shape index (κ3) is 4.85. The van der Waals surface area contributed by atoms with Crippen LogP contribution >= 0.6 is 0 Å². The van der Waals surface area contributed by atoms with Crippen molar-refractivity contribution in [2.24, 2.45) is 0 Å². The van der Waals surface area contributed by atoms with Gasteiger partial charge in [-0.15, -0.1) is 13.2 Å². The lowest BCUT2D eigenvalue weighted by atomic mass is 10.0. The predicted molar refractivity (Wildman–Crippen MR) is 95.2 cm³/mol. The normalized spacial score (nSPS) is 11.3. The van der Waals surface area contributed by atoms with Gasteiger partial charge in [-0.1, -0.05) is 18.2 Å². The number of carbonyl (C=O) groups excluding carboxylic acids is 1. The summed E-state index contributed by atoms with van der Waals surface area (Å²) in [5.41, 5.74) is 7.15. The second-order valence-corrected chi connectivity index (χ2v) is 5.96. The Morgan fingerprint density at radius 2 is 1.86 bits per heavy atom. The predicted octanol–water partition coefficient (Wildman–Crippen LogP) is 4.79. The van der Waals surface area contributed by atoms with Crippen LogP contribution in [0.3, 0.4) is 0 Å². The first-order chi connectivity index (χ1) is 13.2. The molecule has 4 nitrogen and oxygen atoms in total. The molecule has 0 saturated carbocycles. The molecule has 0 amide bonds. The highest BCUT2D eigenvalue weighted by atomic mass is 19.4. The molecule has 2 N–H and O–H groups in total. The Labute approximate surface area is 157 Å². The second-order valence-electron chi connectivity index (χ2n) is 5.96. The van der Waals surface area contributed by atoms with Crippen molar-refractivity contribution in [1.29, 1.82) is 0 Å². The quantitative estimate of drug-likeness (QED) is 0.386. The van der Waals surface area contributed by atoms with Crippen LogP contribution in [0.4, 0.5) is 23.2 Å². The standard InChI is InChI=1S/C20H14F4N2O2/c21-15-3-1-2-13(9-15)17-6-4-12(11-26-17)8-18(27)14-5-7-19(16(25)10-14)28-20(22,23)24/h1-7,9-11H,8,25H2. The minimum Gasteiger partial charge on any atom is -0.404 e. The smallest absolute Gasteiger partial charge is 0.404 e. The lowest BCUT2D eigenvalue weighted by Crippen LogP contribution is -2.18. The molecule has 0 fully saturated rings. The fourth-order valence-corrected chi connectivity index (χ4v) is 2.57. The number of hydrogen-bond donors (Lipinski definition) is 1. The Morgan fingerprint density at radius 3 is 2.46 bits per heavy atom. The first kappa shape index (κ1) is 19.3. The largest absolute Gasteiger partial charge is 0.573 e. The van der Waals surface area contributed by atoms with Gasteiger partial charge >= 0.3 is 6.36 Å². The van der Waals surface area contributed by atoms with Gasteiger partial charge < -0.3 is 10.5 Å². The molecule has 0 aliphatic carbocycles. The number of rotatable bonds is 5. The highest BCUT2D eigenvalue weighted by Crippen LogP contribution is 2.29. The summed E-state index contributed by atoms with van der Waals surface area (Å²) in [6, 6.07) is 12.6. The van der Waals surface area contributed by atoms with Crippen LogP contribution in [-0.2, 0) is 6.42 Å². The molecule has 0 aliphatic rings. The molecule has 0 spiro atoms. The number of aromatic nitrogens is 1. The van der Waals surface area contributed by atoms with Crippen LogP contribution in [-0.4, -0.2) is 17.1 Å². The van der Waals surface area contributed by atoms with Crippen LogP contribution in [0.25, 0.3) is 11.3 Å². The number of anilines is 1. The van der Waals surface area contributed by atoms with Crippen molar-refractivity contribution in [3.05, 3.63) is 77.7 Å². The van der Waals surface area contributed by atoms with Gasteiger partial charge in [0.1, 0.15) is 5.82 Å². The molecule has 8 heteroatoms. The van der Waals surface area contributed by atoms with Gasteiger partial charge in [0.05, 0.1) is 11.4 Å². The molecule has 1 heterocycles. The SMILES string of the molecule is Nc1cc(C(=O)Cc2ccc(-c3cccc(F)c3)nc2)ccc1OC(F)(F)F. The van der Waals surface area contributed by atoms with E-state index in [1.807, 2.05) is 0 Å². The number of benzene rings is 2. The Kier molecular flexibility index (Phi) is 5.30. The Morgan fingerprint density at radius 1 is 1.07 bits per heavy atom. The van der Waals surface area contributed by atoms with Gasteiger partial charge in [0.2, 0.25) is 0 Å². The van der Waals surface area contributed by atoms with E-state index in [0.29, 0.717) is 16.8 Å². The van der Waals surface area contributed by atoms with Crippen LogP contribution in [0.2, 0.25) is 0 Å². The number of hydrogen-bond acceptors (Lipinski definition) is 4. The summed E-state index contributed by atoms with van der Waals surface area (Å²) in [6.07, 6.45) is -3.40. The highest BCUT2D eigenvalue weighted by Gasteiger charge is 2.32. The van der Waals surface area contributed by atoms with E-state index in [9.17, 15) is 22.4 Å². The van der Waals surface area contributed by atoms with Crippen molar-refractivity contribution in [3.63, 3.8) is 0 Å². The molecule has 3 rings (SSSR count). The number of nitrogens with zero attached hydrogens (tertiary/aromatic N) is 1. The monoisotopic (exact) mass is 390 g/mol. The first-order valence-corrected chi connectivity index (χ1v) is 8.10. The maximum atomic E-state index is 13.3. The van der Waals surface area contributed by atoms with E-state index in [1.54, 1.807) is 24.3 Å². The average molecular weight is 390 g/mol. The summed E-state index contributed by atoms with van der Waals surface area (Å²) in [6.45, 7) is 0. The third-order valence-corrected chi connectivity index (χ3v) is 3.87. The van der Waals surface area contributed by atoms with Crippen molar-refractivity contribution in [1.82, 2.24) is 4.98 Å². The Bertz CT molecular complexity index is 1000. The van der Waals surface area contributed by atoms with Gasteiger partial charge in [0, 0.05) is 23.7 Å². The number of ether oxygens (including phenoxy) is 1. The van der Waals surface area contributed by atoms with Crippen LogP contribution in [0.1, 0.15) is 15.9 Å². The molecule has 0 radical (unpaired) electrons. The minimum atomic E-state index is -4.87. The molecule has 144 valence electrons. The summed E-state index contributed by atoms with van der Waals surface area (Å²) in [5, 5.41) is 0. The van der Waals surface area contributed by atoms with Gasteiger partial charge in [-0.2, -0.15) is 0 Å². The van der Waals surface area contributed by atoms with Gasteiger partial charge in [0.15, 0.2) is 11.5 Å². The zero-order valence-electron chi connectivity index (χ0n) is 14.3. The van der Waals surface area contributed by atoms with Crippen LogP contribution in [0.15, 0.2) is 60.8 Å². The van der Waals surface area contributed by atoms with Crippen molar-refractivity contribution in [2.75, 3.05) is 5.73 Å². The molecule has 0 aliphatic heterocycles. The fraction of sp³-hybridized carbons (Fsp3) is 0.100. The van der Waals surface area contributed by atoms with Crippen LogP contribution in [0.5, 0.6) is 5.75 Å². The highest BCUT2D eigenvalue weighted by molar-refractivity contribution is 5.98. The average Bonchev–Trinajstić information content (AvgIpc) is 2.63. The van der Waals surface area contributed by atoms with E-state index in [4.69, 9.17) is 5.73 Å². The summed E-state index contributed by atoms with van der Waals surface area (Å²) >= 11 is 0. The number of Topliss-reactive ketones (excluding diaryl/α,β-unsaturated/α-hetero) is 1. The summed E-state index contributed by atoms with van der Waals surface area (Å²) < 4.78 is 53.9. The van der Waals surface area contributed by atoms with Crippen molar-refractivity contribution < 1.29 is 27.1 Å². The van der Waals surface area contributed by atoms with Gasteiger partial charge in [0.25, 0.3) is 0 Å². The molecule has 3 aromatic rings. The van der Waals surface area contributed by atoms with Crippen molar-refractivity contribution >= 4 is 11.5 Å². The van der Waals surface area contributed by atoms with E-state index < -0.39 is 12.1 Å². The molecule has 2 aromatic carbocycles. The van der Waals surface area contributed by atoms with E-state index in [2.05, 4.69) is 9.72 Å². The molecule has 1 aromatic heterocycles. The first-order valence-electron chi connectivity index (χ1n) is 8.10. The maximum Gasteiger partial charge on any atom is 0.573 e. The molecule has 0 saturated heterocycles.